The van der Waals surface area contributed by atoms with Crippen LogP contribution in [0, 0.1) is 12.8 Å². The van der Waals surface area contributed by atoms with Crippen LogP contribution in [-0.2, 0) is 17.6 Å². The number of rotatable bonds is 11. The zero-order valence-electron chi connectivity index (χ0n) is 26.1. The van der Waals surface area contributed by atoms with Crippen LogP contribution in [-0.4, -0.2) is 11.7 Å². The maximum absolute atomic E-state index is 13.3. The molecule has 4 rings (SSSR count). The molecule has 0 aromatic heterocycles. The van der Waals surface area contributed by atoms with Gasteiger partial charge >= 0.3 is 0 Å². The van der Waals surface area contributed by atoms with Crippen LogP contribution >= 0.6 is 0 Å². The second kappa shape index (κ2) is 15.0. The van der Waals surface area contributed by atoms with Gasteiger partial charge in [-0.15, -0.1) is 0 Å². The molecule has 220 valence electrons. The number of ketones is 1. The van der Waals surface area contributed by atoms with Crippen molar-refractivity contribution in [1.82, 2.24) is 0 Å². The second-order valence-electron chi connectivity index (χ2n) is 12.4. The first kappa shape index (κ1) is 31.2. The van der Waals surface area contributed by atoms with Crippen molar-refractivity contribution in [2.75, 3.05) is 5.32 Å². The van der Waals surface area contributed by atoms with Gasteiger partial charge in [-0.2, -0.15) is 0 Å². The Balaban J connectivity index is 1.50. The lowest BCUT2D eigenvalue weighted by atomic mass is 9.75. The Labute approximate surface area is 253 Å². The van der Waals surface area contributed by atoms with Crippen molar-refractivity contribution in [1.29, 1.82) is 0 Å². The highest BCUT2D eigenvalue weighted by Gasteiger charge is 2.27. The lowest BCUT2D eigenvalue weighted by Crippen LogP contribution is -2.18. The maximum Gasteiger partial charge on any atom is 0.251 e. The summed E-state index contributed by atoms with van der Waals surface area (Å²) in [7, 11) is 0. The zero-order valence-corrected chi connectivity index (χ0v) is 26.1. The topological polar surface area (TPSA) is 46.2 Å². The fourth-order valence-corrected chi connectivity index (χ4v) is 6.21. The zero-order chi connectivity index (χ0) is 30.1. The normalized spacial score (nSPS) is 17.5. The molecule has 1 aliphatic rings. The molecule has 0 spiro atoms. The molecule has 0 heterocycles. The van der Waals surface area contributed by atoms with Crippen molar-refractivity contribution in [2.45, 2.75) is 91.4 Å². The van der Waals surface area contributed by atoms with E-state index in [4.69, 9.17) is 0 Å². The van der Waals surface area contributed by atoms with Crippen molar-refractivity contribution < 1.29 is 9.59 Å². The Morgan fingerprint density at radius 2 is 1.52 bits per heavy atom. The number of nitrogens with one attached hydrogen (secondary N) is 1. The van der Waals surface area contributed by atoms with Crippen LogP contribution in [0.5, 0.6) is 0 Å². The summed E-state index contributed by atoms with van der Waals surface area (Å²) in [4.78, 5) is 26.4. The number of carbonyl (C=O) groups is 2. The first-order chi connectivity index (χ1) is 20.2. The average molecular weight is 562 g/mol. The van der Waals surface area contributed by atoms with Crippen LogP contribution in [0.1, 0.15) is 110 Å². The minimum absolute atomic E-state index is 0.104. The number of benzene rings is 3. The second-order valence-corrected chi connectivity index (χ2v) is 12.4. The van der Waals surface area contributed by atoms with Crippen LogP contribution in [0.15, 0.2) is 90.5 Å². The van der Waals surface area contributed by atoms with Crippen molar-refractivity contribution in [3.05, 3.63) is 124 Å². The van der Waals surface area contributed by atoms with E-state index in [0.29, 0.717) is 41.7 Å². The SMILES string of the molecule is CC=CC=C(C)C(=O)Nc1cc(C(=O)CCc2ccc(CC(C)C)cc2)ccc1C1CCC(c2ccccc2C)CC1. The lowest BCUT2D eigenvalue weighted by molar-refractivity contribution is -0.112. The predicted molar refractivity (Wildman–Crippen MR) is 176 cm³/mol. The highest BCUT2D eigenvalue weighted by atomic mass is 16.1. The summed E-state index contributed by atoms with van der Waals surface area (Å²) in [6.45, 7) is 10.4. The van der Waals surface area contributed by atoms with Gasteiger partial charge in [0, 0.05) is 23.2 Å². The Hall–Kier alpha value is -3.72. The first-order valence-corrected chi connectivity index (χ1v) is 15.7. The van der Waals surface area contributed by atoms with E-state index in [9.17, 15) is 9.59 Å². The molecule has 1 aliphatic carbocycles. The standard InChI is InChI=1S/C39H47NO2/c1-6-7-10-29(5)39(42)40-37-26-34(38(41)24-17-30-13-15-31(16-14-30)25-27(2)3)22-23-36(37)33-20-18-32(19-21-33)35-12-9-8-11-28(35)4/h6-16,22-23,26-27,32-33H,17-21,24-25H2,1-5H3,(H,40,42). The summed E-state index contributed by atoms with van der Waals surface area (Å²) < 4.78 is 0. The van der Waals surface area contributed by atoms with E-state index < -0.39 is 0 Å². The molecule has 3 nitrogen and oxygen atoms in total. The van der Waals surface area contributed by atoms with Crippen molar-refractivity contribution in [3.63, 3.8) is 0 Å². The molecule has 3 aromatic rings. The number of anilines is 1. The summed E-state index contributed by atoms with van der Waals surface area (Å²) in [5.41, 5.74) is 8.56. The van der Waals surface area contributed by atoms with Gasteiger partial charge < -0.3 is 5.32 Å². The molecule has 1 fully saturated rings. The summed E-state index contributed by atoms with van der Waals surface area (Å²) in [6.07, 6.45) is 12.2. The fraction of sp³-hybridized carbons (Fsp3) is 0.385. The van der Waals surface area contributed by atoms with Gasteiger partial charge in [0.25, 0.3) is 5.91 Å². The Morgan fingerprint density at radius 1 is 0.881 bits per heavy atom. The molecule has 0 radical (unpaired) electrons. The van der Waals surface area contributed by atoms with E-state index in [-0.39, 0.29) is 11.7 Å². The van der Waals surface area contributed by atoms with E-state index >= 15 is 0 Å². The number of aryl methyl sites for hydroxylation is 2. The van der Waals surface area contributed by atoms with Crippen molar-refractivity contribution in [3.8, 4) is 0 Å². The van der Waals surface area contributed by atoms with Gasteiger partial charge in [-0.05, 0) is 111 Å². The molecule has 1 amide bonds. The third-order valence-corrected chi connectivity index (χ3v) is 8.62. The van der Waals surface area contributed by atoms with Gasteiger partial charge in [0.15, 0.2) is 5.78 Å². The summed E-state index contributed by atoms with van der Waals surface area (Å²) in [5.74, 6) is 1.53. The minimum Gasteiger partial charge on any atom is -0.322 e. The summed E-state index contributed by atoms with van der Waals surface area (Å²) in [5, 5.41) is 3.17. The number of Topliss-reactive ketones (excluding diaryl/α,β-unsaturated/α-hetero) is 1. The van der Waals surface area contributed by atoms with Crippen LogP contribution in [0.4, 0.5) is 5.69 Å². The predicted octanol–water partition coefficient (Wildman–Crippen LogP) is 9.91. The van der Waals surface area contributed by atoms with Crippen LogP contribution in [0.3, 0.4) is 0 Å². The number of carbonyl (C=O) groups excluding carboxylic acids is 2. The monoisotopic (exact) mass is 561 g/mol. The molecule has 42 heavy (non-hydrogen) atoms. The van der Waals surface area contributed by atoms with Gasteiger partial charge in [-0.3, -0.25) is 9.59 Å². The number of hydrogen-bond donors (Lipinski definition) is 1. The summed E-state index contributed by atoms with van der Waals surface area (Å²) >= 11 is 0. The van der Waals surface area contributed by atoms with E-state index in [1.54, 1.807) is 0 Å². The third-order valence-electron chi connectivity index (χ3n) is 8.62. The lowest BCUT2D eigenvalue weighted by Gasteiger charge is -2.31. The van der Waals surface area contributed by atoms with Gasteiger partial charge in [-0.1, -0.05) is 92.7 Å². The molecule has 0 aliphatic heterocycles. The number of amides is 1. The van der Waals surface area contributed by atoms with Gasteiger partial charge in [0.05, 0.1) is 0 Å². The maximum atomic E-state index is 13.3. The highest BCUT2D eigenvalue weighted by molar-refractivity contribution is 6.05. The molecular weight excluding hydrogens is 514 g/mol. The van der Waals surface area contributed by atoms with Crippen LogP contribution in [0.2, 0.25) is 0 Å². The third kappa shape index (κ3) is 8.41. The molecule has 1 saturated carbocycles. The molecule has 3 aromatic carbocycles. The van der Waals surface area contributed by atoms with E-state index in [1.165, 1.54) is 22.3 Å². The molecule has 0 atom stereocenters. The number of allylic oxidation sites excluding steroid dienone is 3. The van der Waals surface area contributed by atoms with Crippen LogP contribution in [0.25, 0.3) is 0 Å². The van der Waals surface area contributed by atoms with Gasteiger partial charge in [0.2, 0.25) is 0 Å². The smallest absolute Gasteiger partial charge is 0.251 e. The largest absolute Gasteiger partial charge is 0.322 e. The fourth-order valence-electron chi connectivity index (χ4n) is 6.21. The minimum atomic E-state index is -0.131. The molecule has 0 unspecified atom stereocenters. The van der Waals surface area contributed by atoms with Crippen LogP contribution < -0.4 is 5.32 Å². The van der Waals surface area contributed by atoms with Gasteiger partial charge in [0.1, 0.15) is 0 Å². The summed E-state index contributed by atoms with van der Waals surface area (Å²) in [6, 6.07) is 23.4. The Bertz CT molecular complexity index is 1420. The van der Waals surface area contributed by atoms with Gasteiger partial charge in [-0.25, -0.2) is 0 Å². The number of hydrogen-bond acceptors (Lipinski definition) is 2. The molecular formula is C39H47NO2. The Morgan fingerprint density at radius 3 is 2.17 bits per heavy atom. The Kier molecular flexibility index (Phi) is 11.1. The molecule has 0 bridgehead atoms. The first-order valence-electron chi connectivity index (χ1n) is 15.7. The van der Waals surface area contributed by atoms with Crippen molar-refractivity contribution in [2.24, 2.45) is 5.92 Å². The van der Waals surface area contributed by atoms with E-state index in [2.05, 4.69) is 80.7 Å². The molecule has 3 heteroatoms. The van der Waals surface area contributed by atoms with E-state index in [0.717, 1.165) is 43.4 Å². The highest BCUT2D eigenvalue weighted by Crippen LogP contribution is 2.43. The molecule has 1 N–H and O–H groups in total. The average Bonchev–Trinajstić information content (AvgIpc) is 2.99. The molecule has 0 saturated heterocycles. The quantitative estimate of drug-likeness (QED) is 0.144. The van der Waals surface area contributed by atoms with Crippen molar-refractivity contribution >= 4 is 17.4 Å². The van der Waals surface area contributed by atoms with E-state index in [1.807, 2.05) is 44.2 Å².